The summed E-state index contributed by atoms with van der Waals surface area (Å²) >= 11 is 0. The van der Waals surface area contributed by atoms with Crippen molar-refractivity contribution in [1.82, 2.24) is 0 Å². The van der Waals surface area contributed by atoms with Crippen LogP contribution in [0.15, 0.2) is 259 Å². The second-order valence-electron chi connectivity index (χ2n) is 16.4. The zero-order valence-electron chi connectivity index (χ0n) is 35.1. The van der Waals surface area contributed by atoms with E-state index in [2.05, 4.69) is 265 Å². The molecule has 0 unspecified atom stereocenters. The Hall–Kier alpha value is -8.40. The number of furan rings is 1. The van der Waals surface area contributed by atoms with Crippen LogP contribution in [-0.4, -0.2) is 0 Å². The van der Waals surface area contributed by atoms with Gasteiger partial charge in [0.15, 0.2) is 0 Å². The van der Waals surface area contributed by atoms with Crippen LogP contribution in [0.5, 0.6) is 0 Å². The third-order valence-corrected chi connectivity index (χ3v) is 12.9. The zero-order chi connectivity index (χ0) is 42.5. The topological polar surface area (TPSA) is 19.6 Å². The molecule has 0 bridgehead atoms. The number of anilines is 6. The molecule has 0 atom stereocenters. The van der Waals surface area contributed by atoms with Crippen LogP contribution in [0, 0.1) is 0 Å². The Morgan fingerprint density at radius 2 is 0.797 bits per heavy atom. The van der Waals surface area contributed by atoms with Crippen molar-refractivity contribution in [3.8, 4) is 22.3 Å². The van der Waals surface area contributed by atoms with Crippen LogP contribution in [-0.2, 0) is 5.41 Å². The fourth-order valence-corrected chi connectivity index (χ4v) is 10.2. The average Bonchev–Trinajstić information content (AvgIpc) is 3.91. The predicted molar refractivity (Wildman–Crippen MR) is 266 cm³/mol. The van der Waals surface area contributed by atoms with Crippen molar-refractivity contribution < 1.29 is 4.42 Å². The molecule has 11 aromatic rings. The van der Waals surface area contributed by atoms with Gasteiger partial charge in [-0.15, -0.1) is 0 Å². The molecule has 0 aliphatic heterocycles. The molecular weight excluding hydrogens is 777 g/mol. The first kappa shape index (κ1) is 37.4. The van der Waals surface area contributed by atoms with Gasteiger partial charge in [0.1, 0.15) is 11.2 Å². The molecule has 0 spiro atoms. The normalized spacial score (nSPS) is 12.5. The first-order valence-electron chi connectivity index (χ1n) is 21.9. The van der Waals surface area contributed by atoms with Crippen LogP contribution in [0.2, 0.25) is 0 Å². The van der Waals surface area contributed by atoms with Gasteiger partial charge in [0.25, 0.3) is 0 Å². The van der Waals surface area contributed by atoms with Crippen molar-refractivity contribution in [3.63, 3.8) is 0 Å². The molecule has 0 saturated heterocycles. The van der Waals surface area contributed by atoms with Crippen LogP contribution < -0.4 is 9.80 Å². The third kappa shape index (κ3) is 5.90. The summed E-state index contributed by atoms with van der Waals surface area (Å²) < 4.78 is 7.54. The molecule has 1 aliphatic carbocycles. The van der Waals surface area contributed by atoms with Crippen LogP contribution in [0.3, 0.4) is 0 Å². The smallest absolute Gasteiger partial charge is 0.145 e. The van der Waals surface area contributed by atoms with E-state index in [-0.39, 0.29) is 0 Å². The molecule has 1 heterocycles. The van der Waals surface area contributed by atoms with E-state index in [1.807, 2.05) is 0 Å². The zero-order valence-corrected chi connectivity index (χ0v) is 35.1. The van der Waals surface area contributed by atoms with Crippen LogP contribution >= 0.6 is 0 Å². The van der Waals surface area contributed by atoms with E-state index in [0.29, 0.717) is 0 Å². The summed E-state index contributed by atoms with van der Waals surface area (Å²) in [5, 5.41) is 2.14. The molecule has 3 heteroatoms. The van der Waals surface area contributed by atoms with Crippen molar-refractivity contribution in [3.05, 3.63) is 277 Å². The van der Waals surface area contributed by atoms with Crippen molar-refractivity contribution in [2.75, 3.05) is 9.80 Å². The molecule has 0 radical (unpaired) electrons. The van der Waals surface area contributed by atoms with Gasteiger partial charge < -0.3 is 14.2 Å². The van der Waals surface area contributed by atoms with E-state index in [0.717, 1.165) is 78.3 Å². The lowest BCUT2D eigenvalue weighted by atomic mass is 9.67. The summed E-state index contributed by atoms with van der Waals surface area (Å²) in [6.07, 6.45) is 0. The van der Waals surface area contributed by atoms with Gasteiger partial charge in [-0.05, 0) is 100 Å². The molecule has 0 amide bonds. The molecular formula is C61H42N2O. The van der Waals surface area contributed by atoms with Gasteiger partial charge >= 0.3 is 0 Å². The number of fused-ring (bicyclic) bond motifs is 7. The number of hydrogen-bond donors (Lipinski definition) is 0. The maximum Gasteiger partial charge on any atom is 0.145 e. The molecule has 1 aromatic heterocycles. The summed E-state index contributed by atoms with van der Waals surface area (Å²) in [6.45, 7) is 0. The average molecular weight is 819 g/mol. The van der Waals surface area contributed by atoms with Gasteiger partial charge in [-0.3, -0.25) is 0 Å². The highest BCUT2D eigenvalue weighted by Crippen LogP contribution is 2.62. The van der Waals surface area contributed by atoms with E-state index < -0.39 is 5.41 Å². The number of para-hydroxylation sites is 5. The Bertz CT molecular complexity index is 3290. The molecule has 0 N–H and O–H groups in total. The largest absolute Gasteiger partial charge is 0.455 e. The fraction of sp³-hybridized carbons (Fsp3) is 0.0164. The minimum atomic E-state index is -0.745. The number of hydrogen-bond acceptors (Lipinski definition) is 3. The number of nitrogens with zero attached hydrogens (tertiary/aromatic N) is 2. The SMILES string of the molecule is c1ccc(-c2cccc3c2oc2c4c(cc(N(c5ccccc5)c5ccccc5)c23)C(c2ccccc2)(c2ccccc2)c2cc(N(c3ccccc3)c3ccccc3)ccc2-4)cc1. The van der Waals surface area contributed by atoms with Gasteiger partial charge in [-0.25, -0.2) is 0 Å². The lowest BCUT2D eigenvalue weighted by Gasteiger charge is -2.35. The lowest BCUT2D eigenvalue weighted by Crippen LogP contribution is -2.29. The van der Waals surface area contributed by atoms with Crippen molar-refractivity contribution >= 4 is 56.1 Å². The molecule has 0 saturated carbocycles. The minimum Gasteiger partial charge on any atom is -0.455 e. The van der Waals surface area contributed by atoms with E-state index in [1.54, 1.807) is 0 Å². The van der Waals surface area contributed by atoms with E-state index in [9.17, 15) is 0 Å². The molecule has 3 nitrogen and oxygen atoms in total. The molecule has 12 rings (SSSR count). The quantitative estimate of drug-likeness (QED) is 0.145. The predicted octanol–water partition coefficient (Wildman–Crippen LogP) is 16.6. The van der Waals surface area contributed by atoms with Gasteiger partial charge in [0, 0.05) is 45.0 Å². The Balaban J connectivity index is 1.26. The second-order valence-corrected chi connectivity index (χ2v) is 16.4. The van der Waals surface area contributed by atoms with Gasteiger partial charge in [-0.1, -0.05) is 188 Å². The number of benzene rings is 10. The summed E-state index contributed by atoms with van der Waals surface area (Å²) in [4.78, 5) is 4.78. The van der Waals surface area contributed by atoms with Crippen molar-refractivity contribution in [1.29, 1.82) is 0 Å². The monoisotopic (exact) mass is 818 g/mol. The Morgan fingerprint density at radius 3 is 1.31 bits per heavy atom. The van der Waals surface area contributed by atoms with E-state index in [1.165, 1.54) is 22.3 Å². The van der Waals surface area contributed by atoms with Crippen LogP contribution in [0.4, 0.5) is 34.1 Å². The summed E-state index contributed by atoms with van der Waals surface area (Å²) in [5.41, 5.74) is 16.6. The summed E-state index contributed by atoms with van der Waals surface area (Å²) in [7, 11) is 0. The Labute approximate surface area is 373 Å². The first-order valence-corrected chi connectivity index (χ1v) is 21.9. The Kier molecular flexibility index (Phi) is 9.05. The highest BCUT2D eigenvalue weighted by Gasteiger charge is 2.49. The van der Waals surface area contributed by atoms with Crippen LogP contribution in [0.1, 0.15) is 22.3 Å². The van der Waals surface area contributed by atoms with E-state index in [4.69, 9.17) is 4.42 Å². The van der Waals surface area contributed by atoms with Crippen molar-refractivity contribution in [2.45, 2.75) is 5.41 Å². The number of rotatable bonds is 9. The molecule has 1 aliphatic rings. The first-order chi connectivity index (χ1) is 31.8. The van der Waals surface area contributed by atoms with E-state index >= 15 is 0 Å². The third-order valence-electron chi connectivity index (χ3n) is 12.9. The maximum atomic E-state index is 7.54. The molecule has 10 aromatic carbocycles. The molecule has 64 heavy (non-hydrogen) atoms. The highest BCUT2D eigenvalue weighted by molar-refractivity contribution is 6.21. The highest BCUT2D eigenvalue weighted by atomic mass is 16.3. The molecule has 302 valence electrons. The maximum absolute atomic E-state index is 7.54. The van der Waals surface area contributed by atoms with Crippen LogP contribution in [0.25, 0.3) is 44.2 Å². The van der Waals surface area contributed by atoms with Gasteiger partial charge in [-0.2, -0.15) is 0 Å². The second kappa shape index (κ2) is 15.5. The summed E-state index contributed by atoms with van der Waals surface area (Å²) in [6, 6.07) is 91.7. The standard InChI is InChI=1S/C61H42N2O/c1-8-23-43(24-9-1)51-37-22-38-53-58-56(63(48-33-18-6-19-34-48)49-35-20-7-21-36-49)42-55-57(60(58)64-59(51)53)52-40-39-50(62(46-29-14-4-15-30-46)47-31-16-5-17-32-47)41-54(52)61(55,44-25-10-2-11-26-44)45-27-12-3-13-28-45/h1-42H. The lowest BCUT2D eigenvalue weighted by molar-refractivity contribution is 0.670. The van der Waals surface area contributed by atoms with Gasteiger partial charge in [0.2, 0.25) is 0 Å². The summed E-state index contributed by atoms with van der Waals surface area (Å²) in [5.74, 6) is 0. The molecule has 0 fully saturated rings. The minimum absolute atomic E-state index is 0.745. The fourth-order valence-electron chi connectivity index (χ4n) is 10.2. The van der Waals surface area contributed by atoms with Crippen molar-refractivity contribution in [2.24, 2.45) is 0 Å². The van der Waals surface area contributed by atoms with Gasteiger partial charge in [0.05, 0.1) is 16.5 Å². The Morgan fingerprint density at radius 1 is 0.328 bits per heavy atom.